The van der Waals surface area contributed by atoms with Gasteiger partial charge < -0.3 is 15.0 Å². The van der Waals surface area contributed by atoms with Crippen molar-refractivity contribution in [2.45, 2.75) is 32.9 Å². The average Bonchev–Trinajstić information content (AvgIpc) is 2.66. The van der Waals surface area contributed by atoms with E-state index in [1.54, 1.807) is 7.11 Å². The van der Waals surface area contributed by atoms with Gasteiger partial charge in [0.15, 0.2) is 0 Å². The molecule has 0 amide bonds. The van der Waals surface area contributed by atoms with Crippen LogP contribution in [0.3, 0.4) is 0 Å². The third-order valence-corrected chi connectivity index (χ3v) is 3.05. The number of nitrogens with zero attached hydrogens (tertiary/aromatic N) is 1. The monoisotopic (exact) mass is 232 g/mol. The lowest BCUT2D eigenvalue weighted by Crippen LogP contribution is -2.17. The first-order valence-electron chi connectivity index (χ1n) is 6.07. The van der Waals surface area contributed by atoms with Gasteiger partial charge in [-0.25, -0.2) is 0 Å². The van der Waals surface area contributed by atoms with E-state index in [9.17, 15) is 0 Å². The third-order valence-electron chi connectivity index (χ3n) is 3.05. The maximum absolute atomic E-state index is 5.89. The van der Waals surface area contributed by atoms with Crippen LogP contribution in [-0.4, -0.2) is 17.7 Å². The van der Waals surface area contributed by atoms with Gasteiger partial charge in [0.2, 0.25) is 0 Å². The fourth-order valence-electron chi connectivity index (χ4n) is 2.25. The van der Waals surface area contributed by atoms with Gasteiger partial charge in [0.05, 0.1) is 12.6 Å². The second-order valence-electron chi connectivity index (χ2n) is 4.50. The van der Waals surface area contributed by atoms with Gasteiger partial charge in [-0.15, -0.1) is 0 Å². The van der Waals surface area contributed by atoms with E-state index in [4.69, 9.17) is 10.5 Å². The summed E-state index contributed by atoms with van der Waals surface area (Å²) in [4.78, 5) is 0. The Morgan fingerprint density at radius 1 is 1.41 bits per heavy atom. The summed E-state index contributed by atoms with van der Waals surface area (Å²) in [5.74, 6) is 0.901. The zero-order valence-corrected chi connectivity index (χ0v) is 10.7. The Morgan fingerprint density at radius 2 is 2.18 bits per heavy atom. The van der Waals surface area contributed by atoms with Crippen molar-refractivity contribution in [1.29, 1.82) is 0 Å². The number of hydrogen-bond acceptors (Lipinski definition) is 2. The highest BCUT2D eigenvalue weighted by atomic mass is 16.5. The van der Waals surface area contributed by atoms with Gasteiger partial charge in [0.1, 0.15) is 5.75 Å². The second-order valence-corrected chi connectivity index (χ2v) is 4.50. The molecule has 0 saturated heterocycles. The molecule has 0 aliphatic heterocycles. The Bertz CT molecular complexity index is 514. The first-order chi connectivity index (χ1) is 8.15. The molecule has 0 fully saturated rings. The Hall–Kier alpha value is -1.48. The fraction of sp³-hybridized carbons (Fsp3) is 0.429. The summed E-state index contributed by atoms with van der Waals surface area (Å²) in [5.41, 5.74) is 8.43. The lowest BCUT2D eigenvalue weighted by Gasteiger charge is -2.04. The summed E-state index contributed by atoms with van der Waals surface area (Å²) in [5, 5.41) is 1.28. The van der Waals surface area contributed by atoms with Crippen LogP contribution in [0.1, 0.15) is 19.4 Å². The molecule has 0 aliphatic carbocycles. The van der Waals surface area contributed by atoms with Crippen molar-refractivity contribution in [3.05, 3.63) is 30.0 Å². The zero-order valence-electron chi connectivity index (χ0n) is 10.7. The molecule has 0 saturated carbocycles. The largest absolute Gasteiger partial charge is 0.497 e. The molecule has 1 aromatic heterocycles. The van der Waals surface area contributed by atoms with E-state index < -0.39 is 0 Å². The molecule has 1 aromatic carbocycles. The number of fused-ring (bicyclic) bond motifs is 1. The Morgan fingerprint density at radius 3 is 2.76 bits per heavy atom. The van der Waals surface area contributed by atoms with Gasteiger partial charge >= 0.3 is 0 Å². The summed E-state index contributed by atoms with van der Waals surface area (Å²) in [7, 11) is 1.70. The lowest BCUT2D eigenvalue weighted by atomic mass is 10.1. The van der Waals surface area contributed by atoms with Crippen LogP contribution in [0.2, 0.25) is 0 Å². The molecule has 0 radical (unpaired) electrons. The molecule has 2 N–H and O–H groups in total. The lowest BCUT2D eigenvalue weighted by molar-refractivity contribution is 0.415. The van der Waals surface area contributed by atoms with Gasteiger partial charge in [0, 0.05) is 30.2 Å². The SMILES string of the molecule is CCn1cc(CC(C)N)c2ccc(OC)cc21. The van der Waals surface area contributed by atoms with Gasteiger partial charge in [-0.1, -0.05) is 0 Å². The van der Waals surface area contributed by atoms with Crippen molar-refractivity contribution in [1.82, 2.24) is 4.57 Å². The van der Waals surface area contributed by atoms with Crippen molar-refractivity contribution >= 4 is 10.9 Å². The number of aromatic nitrogens is 1. The van der Waals surface area contributed by atoms with Crippen LogP contribution in [-0.2, 0) is 13.0 Å². The molecule has 2 rings (SSSR count). The van der Waals surface area contributed by atoms with E-state index in [1.807, 2.05) is 13.0 Å². The highest BCUT2D eigenvalue weighted by Crippen LogP contribution is 2.26. The van der Waals surface area contributed by atoms with Crippen LogP contribution in [0.5, 0.6) is 5.75 Å². The van der Waals surface area contributed by atoms with E-state index in [0.29, 0.717) is 0 Å². The van der Waals surface area contributed by atoms with Gasteiger partial charge in [0.25, 0.3) is 0 Å². The molecule has 1 unspecified atom stereocenters. The van der Waals surface area contributed by atoms with Crippen molar-refractivity contribution in [3.63, 3.8) is 0 Å². The minimum absolute atomic E-state index is 0.188. The number of methoxy groups -OCH3 is 1. The molecular weight excluding hydrogens is 212 g/mol. The molecule has 2 aromatic rings. The first-order valence-corrected chi connectivity index (χ1v) is 6.07. The summed E-state index contributed by atoms with van der Waals surface area (Å²) in [6.45, 7) is 5.15. The van der Waals surface area contributed by atoms with E-state index in [1.165, 1.54) is 16.5 Å². The zero-order chi connectivity index (χ0) is 12.4. The quantitative estimate of drug-likeness (QED) is 0.880. The molecule has 0 spiro atoms. The van der Waals surface area contributed by atoms with Gasteiger partial charge in [-0.3, -0.25) is 0 Å². The number of benzene rings is 1. The fourth-order valence-corrected chi connectivity index (χ4v) is 2.25. The molecule has 0 bridgehead atoms. The molecule has 3 nitrogen and oxygen atoms in total. The Balaban J connectivity index is 2.56. The predicted molar refractivity (Wildman–Crippen MR) is 71.5 cm³/mol. The number of hydrogen-bond donors (Lipinski definition) is 1. The predicted octanol–water partition coefficient (Wildman–Crippen LogP) is 2.56. The standard InChI is InChI=1S/C14H20N2O/c1-4-16-9-11(7-10(2)15)13-6-5-12(17-3)8-14(13)16/h5-6,8-10H,4,7,15H2,1-3H3. The van der Waals surface area contributed by atoms with Crippen LogP contribution in [0.4, 0.5) is 0 Å². The van der Waals surface area contributed by atoms with Crippen LogP contribution in [0, 0.1) is 0 Å². The minimum Gasteiger partial charge on any atom is -0.497 e. The maximum Gasteiger partial charge on any atom is 0.120 e. The molecule has 1 heterocycles. The number of ether oxygens (including phenoxy) is 1. The maximum atomic E-state index is 5.89. The molecule has 0 aliphatic rings. The molecule has 92 valence electrons. The third kappa shape index (κ3) is 2.29. The number of nitrogens with two attached hydrogens (primary N) is 1. The Kier molecular flexibility index (Phi) is 3.38. The minimum atomic E-state index is 0.188. The summed E-state index contributed by atoms with van der Waals surface area (Å²) in [6, 6.07) is 6.40. The van der Waals surface area contributed by atoms with E-state index in [2.05, 4.69) is 29.8 Å². The van der Waals surface area contributed by atoms with Crippen molar-refractivity contribution in [2.75, 3.05) is 7.11 Å². The molecular formula is C14H20N2O. The van der Waals surface area contributed by atoms with Crippen LogP contribution < -0.4 is 10.5 Å². The highest BCUT2D eigenvalue weighted by Gasteiger charge is 2.10. The topological polar surface area (TPSA) is 40.2 Å². The molecule has 17 heavy (non-hydrogen) atoms. The Labute approximate surface area is 102 Å². The summed E-state index contributed by atoms with van der Waals surface area (Å²) in [6.07, 6.45) is 3.11. The van der Waals surface area contributed by atoms with Crippen molar-refractivity contribution in [3.8, 4) is 5.75 Å². The first kappa shape index (κ1) is 12.0. The van der Waals surface area contributed by atoms with Gasteiger partial charge in [-0.05, 0) is 38.0 Å². The van der Waals surface area contributed by atoms with Crippen molar-refractivity contribution < 1.29 is 4.74 Å². The van der Waals surface area contributed by atoms with Crippen LogP contribution in [0.15, 0.2) is 24.4 Å². The normalized spacial score (nSPS) is 12.9. The average molecular weight is 232 g/mol. The number of aryl methyl sites for hydroxylation is 1. The van der Waals surface area contributed by atoms with E-state index in [-0.39, 0.29) is 6.04 Å². The van der Waals surface area contributed by atoms with Crippen LogP contribution in [0.25, 0.3) is 10.9 Å². The van der Waals surface area contributed by atoms with Crippen LogP contribution >= 0.6 is 0 Å². The highest BCUT2D eigenvalue weighted by molar-refractivity contribution is 5.85. The summed E-state index contributed by atoms with van der Waals surface area (Å²) < 4.78 is 7.52. The molecule has 1 atom stereocenters. The van der Waals surface area contributed by atoms with Crippen molar-refractivity contribution in [2.24, 2.45) is 5.73 Å². The van der Waals surface area contributed by atoms with E-state index >= 15 is 0 Å². The molecule has 3 heteroatoms. The smallest absolute Gasteiger partial charge is 0.120 e. The summed E-state index contributed by atoms with van der Waals surface area (Å²) >= 11 is 0. The second kappa shape index (κ2) is 4.80. The van der Waals surface area contributed by atoms with E-state index in [0.717, 1.165) is 18.7 Å². The van der Waals surface area contributed by atoms with Gasteiger partial charge in [-0.2, -0.15) is 0 Å². The number of rotatable bonds is 4.